The van der Waals surface area contributed by atoms with E-state index in [1.807, 2.05) is 16.3 Å². The van der Waals surface area contributed by atoms with Gasteiger partial charge >= 0.3 is 0 Å². The van der Waals surface area contributed by atoms with Crippen LogP contribution in [0.25, 0.3) is 0 Å². The van der Waals surface area contributed by atoms with Gasteiger partial charge in [-0.05, 0) is 33.8 Å². The average Bonchev–Trinajstić information content (AvgIpc) is 2.73. The zero-order chi connectivity index (χ0) is 10.1. The molecule has 1 aromatic rings. The fraction of sp³-hybridized carbons (Fsp3) is 0.444. The minimum Gasteiger partial charge on any atom is -0.337 e. The number of thiophene rings is 1. The highest BCUT2D eigenvalue weighted by Crippen LogP contribution is 2.26. The first-order chi connectivity index (χ1) is 6.68. The summed E-state index contributed by atoms with van der Waals surface area (Å²) in [6.45, 7) is 1.68. The van der Waals surface area contributed by atoms with E-state index in [0.29, 0.717) is 4.83 Å². The van der Waals surface area contributed by atoms with E-state index in [-0.39, 0.29) is 5.91 Å². The van der Waals surface area contributed by atoms with E-state index in [1.54, 1.807) is 0 Å². The molecule has 14 heavy (non-hydrogen) atoms. The molecular weight excluding hydrogens is 330 g/mol. The summed E-state index contributed by atoms with van der Waals surface area (Å²) in [7, 11) is 0. The van der Waals surface area contributed by atoms with Gasteiger partial charge in [0.25, 0.3) is 5.91 Å². The molecule has 5 heteroatoms. The lowest BCUT2D eigenvalue weighted by Crippen LogP contribution is -2.28. The molecule has 0 aromatic carbocycles. The Morgan fingerprint density at radius 1 is 1.64 bits per heavy atom. The Bertz CT molecular complexity index is 352. The SMILES string of the molecule is O=C(c1sccc1Br)N1CCC(Br)C1. The van der Waals surface area contributed by atoms with Crippen LogP contribution in [-0.2, 0) is 0 Å². The zero-order valence-electron chi connectivity index (χ0n) is 7.37. The van der Waals surface area contributed by atoms with Crippen LogP contribution in [0.15, 0.2) is 15.9 Å². The van der Waals surface area contributed by atoms with Gasteiger partial charge in [0.05, 0.1) is 0 Å². The van der Waals surface area contributed by atoms with Crippen molar-refractivity contribution >= 4 is 49.1 Å². The molecule has 2 heterocycles. The fourth-order valence-corrected chi connectivity index (χ4v) is 3.55. The molecule has 1 amide bonds. The lowest BCUT2D eigenvalue weighted by molar-refractivity contribution is 0.0797. The van der Waals surface area contributed by atoms with Gasteiger partial charge in [0.15, 0.2) is 0 Å². The third-order valence-electron chi connectivity index (χ3n) is 2.23. The van der Waals surface area contributed by atoms with E-state index < -0.39 is 0 Å². The topological polar surface area (TPSA) is 20.3 Å². The van der Waals surface area contributed by atoms with Crippen LogP contribution in [0.4, 0.5) is 0 Å². The Hall–Kier alpha value is 0.130. The third kappa shape index (κ3) is 2.04. The van der Waals surface area contributed by atoms with E-state index in [2.05, 4.69) is 31.9 Å². The van der Waals surface area contributed by atoms with Crippen LogP contribution in [0, 0.1) is 0 Å². The highest BCUT2D eigenvalue weighted by atomic mass is 79.9. The predicted molar refractivity (Wildman–Crippen MR) is 65.3 cm³/mol. The Balaban J connectivity index is 2.13. The molecule has 0 radical (unpaired) electrons. The number of nitrogens with zero attached hydrogens (tertiary/aromatic N) is 1. The summed E-state index contributed by atoms with van der Waals surface area (Å²) < 4.78 is 0.908. The van der Waals surface area contributed by atoms with Crippen LogP contribution in [0.5, 0.6) is 0 Å². The molecule has 0 spiro atoms. The molecule has 0 aliphatic carbocycles. The number of amides is 1. The zero-order valence-corrected chi connectivity index (χ0v) is 11.4. The molecule has 2 nitrogen and oxygen atoms in total. The van der Waals surface area contributed by atoms with Crippen molar-refractivity contribution in [1.29, 1.82) is 0 Å². The molecule has 0 N–H and O–H groups in total. The van der Waals surface area contributed by atoms with Crippen molar-refractivity contribution in [3.8, 4) is 0 Å². The molecule has 1 aromatic heterocycles. The van der Waals surface area contributed by atoms with E-state index in [0.717, 1.165) is 28.9 Å². The lowest BCUT2D eigenvalue weighted by Gasteiger charge is -2.14. The first-order valence-electron chi connectivity index (χ1n) is 4.35. The van der Waals surface area contributed by atoms with Crippen molar-refractivity contribution in [2.45, 2.75) is 11.2 Å². The first-order valence-corrected chi connectivity index (χ1v) is 6.93. The van der Waals surface area contributed by atoms with Crippen LogP contribution in [0.3, 0.4) is 0 Å². The predicted octanol–water partition coefficient (Wildman–Crippen LogP) is 3.12. The molecule has 2 rings (SSSR count). The van der Waals surface area contributed by atoms with Gasteiger partial charge in [-0.15, -0.1) is 11.3 Å². The van der Waals surface area contributed by atoms with E-state index in [1.165, 1.54) is 11.3 Å². The van der Waals surface area contributed by atoms with Crippen molar-refractivity contribution in [3.05, 3.63) is 20.8 Å². The molecule has 76 valence electrons. The Morgan fingerprint density at radius 2 is 2.43 bits per heavy atom. The molecule has 1 atom stereocenters. The van der Waals surface area contributed by atoms with Gasteiger partial charge in [0.2, 0.25) is 0 Å². The maximum Gasteiger partial charge on any atom is 0.265 e. The average molecular weight is 339 g/mol. The quantitative estimate of drug-likeness (QED) is 0.720. The van der Waals surface area contributed by atoms with Gasteiger partial charge in [0.1, 0.15) is 4.88 Å². The van der Waals surface area contributed by atoms with E-state index >= 15 is 0 Å². The monoisotopic (exact) mass is 337 g/mol. The van der Waals surface area contributed by atoms with Gasteiger partial charge in [0, 0.05) is 22.4 Å². The molecule has 0 bridgehead atoms. The molecular formula is C9H9Br2NOS. The summed E-state index contributed by atoms with van der Waals surface area (Å²) in [4.78, 5) is 15.1. The number of rotatable bonds is 1. The lowest BCUT2D eigenvalue weighted by atomic mass is 10.4. The number of halogens is 2. The molecule has 1 aliphatic heterocycles. The number of hydrogen-bond donors (Lipinski definition) is 0. The van der Waals surface area contributed by atoms with Crippen molar-refractivity contribution in [2.24, 2.45) is 0 Å². The second-order valence-corrected chi connectivity index (χ2v) is 6.30. The smallest absolute Gasteiger partial charge is 0.265 e. The fourth-order valence-electron chi connectivity index (χ4n) is 1.49. The van der Waals surface area contributed by atoms with Gasteiger partial charge < -0.3 is 4.90 Å². The van der Waals surface area contributed by atoms with Crippen molar-refractivity contribution in [1.82, 2.24) is 4.90 Å². The van der Waals surface area contributed by atoms with Crippen molar-refractivity contribution in [3.63, 3.8) is 0 Å². The highest BCUT2D eigenvalue weighted by Gasteiger charge is 2.26. The summed E-state index contributed by atoms with van der Waals surface area (Å²) in [6, 6.07) is 1.92. The number of hydrogen-bond acceptors (Lipinski definition) is 2. The van der Waals surface area contributed by atoms with Crippen LogP contribution in [0.1, 0.15) is 16.1 Å². The number of alkyl halides is 1. The Morgan fingerprint density at radius 3 is 2.93 bits per heavy atom. The van der Waals surface area contributed by atoms with Gasteiger partial charge in [-0.25, -0.2) is 0 Å². The first kappa shape index (κ1) is 10.6. The normalized spacial score (nSPS) is 21.6. The van der Waals surface area contributed by atoms with Crippen LogP contribution in [0.2, 0.25) is 0 Å². The van der Waals surface area contributed by atoms with Crippen molar-refractivity contribution < 1.29 is 4.79 Å². The Labute approximate surface area is 104 Å². The summed E-state index contributed by atoms with van der Waals surface area (Å²) in [6.07, 6.45) is 1.05. The third-order valence-corrected chi connectivity index (χ3v) is 4.80. The number of likely N-dealkylation sites (tertiary alicyclic amines) is 1. The van der Waals surface area contributed by atoms with Crippen LogP contribution in [-0.4, -0.2) is 28.7 Å². The molecule has 0 saturated carbocycles. The maximum atomic E-state index is 12.0. The van der Waals surface area contributed by atoms with Gasteiger partial charge in [-0.2, -0.15) is 0 Å². The van der Waals surface area contributed by atoms with Gasteiger partial charge in [-0.3, -0.25) is 4.79 Å². The minimum absolute atomic E-state index is 0.147. The standard InChI is InChI=1S/C9H9Br2NOS/c10-6-1-3-12(5-6)9(13)8-7(11)2-4-14-8/h2,4,6H,1,3,5H2. The van der Waals surface area contributed by atoms with Gasteiger partial charge in [-0.1, -0.05) is 15.9 Å². The van der Waals surface area contributed by atoms with Crippen LogP contribution < -0.4 is 0 Å². The highest BCUT2D eigenvalue weighted by molar-refractivity contribution is 9.10. The van der Waals surface area contributed by atoms with E-state index in [4.69, 9.17) is 0 Å². The maximum absolute atomic E-state index is 12.0. The van der Waals surface area contributed by atoms with Crippen molar-refractivity contribution in [2.75, 3.05) is 13.1 Å². The Kier molecular flexibility index (Phi) is 3.29. The summed E-state index contributed by atoms with van der Waals surface area (Å²) in [5, 5.41) is 1.93. The van der Waals surface area contributed by atoms with Crippen LogP contribution >= 0.6 is 43.2 Å². The minimum atomic E-state index is 0.147. The summed E-state index contributed by atoms with van der Waals surface area (Å²) >= 11 is 8.40. The largest absolute Gasteiger partial charge is 0.337 e. The second-order valence-electron chi connectivity index (χ2n) is 3.23. The summed E-state index contributed by atoms with van der Waals surface area (Å²) in [5.74, 6) is 0.147. The second kappa shape index (κ2) is 4.33. The molecule has 1 unspecified atom stereocenters. The number of carbonyl (C=O) groups is 1. The molecule has 1 fully saturated rings. The number of carbonyl (C=O) groups excluding carboxylic acids is 1. The molecule has 1 aliphatic rings. The summed E-state index contributed by atoms with van der Waals surface area (Å²) in [5.41, 5.74) is 0. The molecule has 1 saturated heterocycles. The van der Waals surface area contributed by atoms with E-state index in [9.17, 15) is 4.79 Å².